The summed E-state index contributed by atoms with van der Waals surface area (Å²) in [5.74, 6) is -0.662. The second-order valence-electron chi connectivity index (χ2n) is 8.63. The van der Waals surface area contributed by atoms with E-state index in [9.17, 15) is 15.0 Å². The van der Waals surface area contributed by atoms with Crippen LogP contribution in [0, 0.1) is 5.92 Å². The van der Waals surface area contributed by atoms with Gasteiger partial charge in [0.1, 0.15) is 5.75 Å². The van der Waals surface area contributed by atoms with Crippen molar-refractivity contribution in [1.82, 2.24) is 0 Å². The van der Waals surface area contributed by atoms with E-state index in [2.05, 4.69) is 6.92 Å². The molecule has 29 heavy (non-hydrogen) atoms. The van der Waals surface area contributed by atoms with Crippen molar-refractivity contribution < 1.29 is 15.0 Å². The zero-order valence-corrected chi connectivity index (χ0v) is 18.7. The van der Waals surface area contributed by atoms with Crippen molar-refractivity contribution >= 4 is 5.97 Å². The molecule has 0 radical (unpaired) electrons. The maximum Gasteiger partial charge on any atom is 0.306 e. The SMILES string of the molecule is CCCCCCCCCCCCCCCCC(CCc1ccc(O)cc1)C(=O)O. The number of carbonyl (C=O) groups is 1. The number of rotatable bonds is 19. The predicted octanol–water partition coefficient (Wildman–Crippen LogP) is 7.90. The van der Waals surface area contributed by atoms with Gasteiger partial charge in [0.25, 0.3) is 0 Å². The Balaban J connectivity index is 1.96. The summed E-state index contributed by atoms with van der Waals surface area (Å²) in [4.78, 5) is 11.5. The first-order valence-corrected chi connectivity index (χ1v) is 12.1. The minimum absolute atomic E-state index is 0.249. The molecule has 0 saturated heterocycles. The quantitative estimate of drug-likeness (QED) is 0.230. The Morgan fingerprint density at radius 2 is 1.17 bits per heavy atom. The van der Waals surface area contributed by atoms with Gasteiger partial charge >= 0.3 is 5.97 Å². The van der Waals surface area contributed by atoms with Crippen LogP contribution in [0.15, 0.2) is 24.3 Å². The van der Waals surface area contributed by atoms with E-state index in [1.165, 1.54) is 77.0 Å². The van der Waals surface area contributed by atoms with Crippen LogP contribution in [-0.2, 0) is 11.2 Å². The third-order valence-corrected chi connectivity index (χ3v) is 5.97. The zero-order chi connectivity index (χ0) is 21.2. The van der Waals surface area contributed by atoms with Crippen LogP contribution in [0.25, 0.3) is 0 Å². The van der Waals surface area contributed by atoms with Gasteiger partial charge in [-0.3, -0.25) is 4.79 Å². The number of hydrogen-bond acceptors (Lipinski definition) is 2. The minimum Gasteiger partial charge on any atom is -0.508 e. The van der Waals surface area contributed by atoms with Crippen LogP contribution < -0.4 is 0 Å². The monoisotopic (exact) mass is 404 g/mol. The maximum absolute atomic E-state index is 11.5. The van der Waals surface area contributed by atoms with E-state index in [1.807, 2.05) is 12.1 Å². The van der Waals surface area contributed by atoms with Gasteiger partial charge < -0.3 is 10.2 Å². The third kappa shape index (κ3) is 14.2. The molecule has 1 unspecified atom stereocenters. The lowest BCUT2D eigenvalue weighted by atomic mass is 9.93. The molecule has 0 fully saturated rings. The highest BCUT2D eigenvalue weighted by Crippen LogP contribution is 2.20. The van der Waals surface area contributed by atoms with E-state index < -0.39 is 5.97 Å². The second kappa shape index (κ2) is 17.4. The van der Waals surface area contributed by atoms with E-state index >= 15 is 0 Å². The molecule has 0 aromatic heterocycles. The zero-order valence-electron chi connectivity index (χ0n) is 18.7. The molecule has 0 heterocycles. The number of carboxylic acids is 1. The smallest absolute Gasteiger partial charge is 0.306 e. The fourth-order valence-electron chi connectivity index (χ4n) is 3.98. The van der Waals surface area contributed by atoms with Crippen molar-refractivity contribution in [2.45, 2.75) is 116 Å². The molecule has 1 atom stereocenters. The van der Waals surface area contributed by atoms with Crippen molar-refractivity contribution in [2.75, 3.05) is 0 Å². The molecule has 1 aromatic rings. The lowest BCUT2D eigenvalue weighted by Crippen LogP contribution is -2.14. The largest absolute Gasteiger partial charge is 0.508 e. The molecule has 0 bridgehead atoms. The normalized spacial score (nSPS) is 12.2. The Morgan fingerprint density at radius 1 is 0.724 bits per heavy atom. The van der Waals surface area contributed by atoms with E-state index in [-0.39, 0.29) is 11.7 Å². The fourth-order valence-corrected chi connectivity index (χ4v) is 3.98. The van der Waals surface area contributed by atoms with E-state index in [1.54, 1.807) is 12.1 Å². The number of aryl methyl sites for hydroxylation is 1. The standard InChI is InChI=1S/C26H44O3/c1-2-3-4-5-6-7-8-9-10-11-12-13-14-15-16-24(26(28)29)20-17-23-18-21-25(27)22-19-23/h18-19,21-22,24,27H,2-17,20H2,1H3,(H,28,29). The van der Waals surface area contributed by atoms with Gasteiger partial charge in [0.2, 0.25) is 0 Å². The van der Waals surface area contributed by atoms with Crippen LogP contribution in [0.1, 0.15) is 115 Å². The Labute approximate surface area is 178 Å². The van der Waals surface area contributed by atoms with Crippen LogP contribution in [-0.4, -0.2) is 16.2 Å². The Morgan fingerprint density at radius 3 is 1.62 bits per heavy atom. The fraction of sp³-hybridized carbons (Fsp3) is 0.731. The number of phenols is 1. The molecular formula is C26H44O3. The first-order valence-electron chi connectivity index (χ1n) is 12.1. The number of hydrogen-bond donors (Lipinski definition) is 2. The summed E-state index contributed by atoms with van der Waals surface area (Å²) in [5.41, 5.74) is 1.09. The lowest BCUT2D eigenvalue weighted by Gasteiger charge is -2.12. The maximum atomic E-state index is 11.5. The van der Waals surface area contributed by atoms with Gasteiger partial charge in [-0.15, -0.1) is 0 Å². The van der Waals surface area contributed by atoms with Crippen molar-refractivity contribution in [3.63, 3.8) is 0 Å². The van der Waals surface area contributed by atoms with Gasteiger partial charge in [-0.05, 0) is 37.0 Å². The highest BCUT2D eigenvalue weighted by atomic mass is 16.4. The lowest BCUT2D eigenvalue weighted by molar-refractivity contribution is -0.142. The first-order chi connectivity index (χ1) is 14.1. The molecule has 0 aliphatic carbocycles. The average Bonchev–Trinajstić information content (AvgIpc) is 2.71. The minimum atomic E-state index is -0.668. The van der Waals surface area contributed by atoms with E-state index in [0.29, 0.717) is 6.42 Å². The number of benzene rings is 1. The topological polar surface area (TPSA) is 57.5 Å². The van der Waals surface area contributed by atoms with Crippen LogP contribution >= 0.6 is 0 Å². The third-order valence-electron chi connectivity index (χ3n) is 5.97. The van der Waals surface area contributed by atoms with Gasteiger partial charge in [-0.25, -0.2) is 0 Å². The van der Waals surface area contributed by atoms with Gasteiger partial charge in [0.05, 0.1) is 5.92 Å². The summed E-state index contributed by atoms with van der Waals surface area (Å²) >= 11 is 0. The van der Waals surface area contributed by atoms with Crippen molar-refractivity contribution in [3.05, 3.63) is 29.8 Å². The second-order valence-corrected chi connectivity index (χ2v) is 8.63. The Bertz CT molecular complexity index is 509. The van der Waals surface area contributed by atoms with Gasteiger partial charge in [-0.2, -0.15) is 0 Å². The average molecular weight is 405 g/mol. The molecule has 0 aliphatic heterocycles. The molecule has 3 heteroatoms. The molecule has 1 aromatic carbocycles. The molecule has 3 nitrogen and oxygen atoms in total. The number of carboxylic acid groups (broad SMARTS) is 1. The first kappa shape index (κ1) is 25.5. The molecule has 0 spiro atoms. The molecular weight excluding hydrogens is 360 g/mol. The summed E-state index contributed by atoms with van der Waals surface area (Å²) < 4.78 is 0. The highest BCUT2D eigenvalue weighted by molar-refractivity contribution is 5.69. The molecule has 0 aliphatic rings. The van der Waals surface area contributed by atoms with Crippen molar-refractivity contribution in [1.29, 1.82) is 0 Å². The summed E-state index contributed by atoms with van der Waals surface area (Å²) in [6.07, 6.45) is 20.8. The van der Waals surface area contributed by atoms with Gasteiger partial charge in [-0.1, -0.05) is 109 Å². The molecule has 0 saturated carbocycles. The van der Waals surface area contributed by atoms with Gasteiger partial charge in [0, 0.05) is 0 Å². The van der Waals surface area contributed by atoms with Gasteiger partial charge in [0.15, 0.2) is 0 Å². The summed E-state index contributed by atoms with van der Waals surface area (Å²) in [7, 11) is 0. The van der Waals surface area contributed by atoms with Crippen LogP contribution in [0.2, 0.25) is 0 Å². The number of aliphatic carboxylic acids is 1. The number of phenolic OH excluding ortho intramolecular Hbond substituents is 1. The molecule has 2 N–H and O–H groups in total. The van der Waals surface area contributed by atoms with Crippen molar-refractivity contribution in [3.8, 4) is 5.75 Å². The number of aromatic hydroxyl groups is 1. The van der Waals surface area contributed by atoms with Crippen molar-refractivity contribution in [2.24, 2.45) is 5.92 Å². The molecule has 0 amide bonds. The highest BCUT2D eigenvalue weighted by Gasteiger charge is 2.16. The summed E-state index contributed by atoms with van der Waals surface area (Å²) in [6.45, 7) is 2.27. The Kier molecular flexibility index (Phi) is 15.3. The molecule has 166 valence electrons. The summed E-state index contributed by atoms with van der Waals surface area (Å²) in [5, 5.41) is 18.8. The van der Waals surface area contributed by atoms with Crippen LogP contribution in [0.3, 0.4) is 0 Å². The van der Waals surface area contributed by atoms with E-state index in [4.69, 9.17) is 0 Å². The molecule has 1 rings (SSSR count). The Hall–Kier alpha value is -1.51. The number of unbranched alkanes of at least 4 members (excludes halogenated alkanes) is 13. The summed E-state index contributed by atoms with van der Waals surface area (Å²) in [6, 6.07) is 7.08. The van der Waals surface area contributed by atoms with Crippen LogP contribution in [0.4, 0.5) is 0 Å². The predicted molar refractivity (Wildman–Crippen MR) is 122 cm³/mol. The van der Waals surface area contributed by atoms with Crippen LogP contribution in [0.5, 0.6) is 5.75 Å². The van der Waals surface area contributed by atoms with E-state index in [0.717, 1.165) is 31.2 Å².